The monoisotopic (exact) mass is 615 g/mol. The molecule has 0 radical (unpaired) electrons. The summed E-state index contributed by atoms with van der Waals surface area (Å²) in [5, 5.41) is 0.316. The Morgan fingerprint density at radius 2 is 1.53 bits per heavy atom. The predicted octanol–water partition coefficient (Wildman–Crippen LogP) is 6.09. The number of carbonyl (C=O) groups is 2. The number of hydrogen-bond acceptors (Lipinski definition) is 7. The molecule has 7 nitrogen and oxygen atoms in total. The summed E-state index contributed by atoms with van der Waals surface area (Å²) in [6, 6.07) is 12.6. The maximum Gasteiger partial charge on any atom is 0.573 e. The van der Waals surface area contributed by atoms with E-state index in [0.717, 1.165) is 10.5 Å². The second kappa shape index (κ2) is 14.7. The summed E-state index contributed by atoms with van der Waals surface area (Å²) in [5.41, 5.74) is 1.47. The van der Waals surface area contributed by atoms with E-state index in [1.54, 1.807) is 38.1 Å². The van der Waals surface area contributed by atoms with Crippen LogP contribution in [0.15, 0.2) is 64.8 Å². The van der Waals surface area contributed by atoms with Gasteiger partial charge in [0.25, 0.3) is 0 Å². The molecule has 0 saturated heterocycles. The van der Waals surface area contributed by atoms with Crippen molar-refractivity contribution in [2.24, 2.45) is 5.92 Å². The van der Waals surface area contributed by atoms with Crippen LogP contribution in [0.4, 0.5) is 13.2 Å². The average Bonchev–Trinajstić information content (AvgIpc) is 3.28. The number of ether oxygens (including phenoxy) is 3. The second-order valence-corrected chi connectivity index (χ2v) is 7.96. The van der Waals surface area contributed by atoms with Gasteiger partial charge >= 0.3 is 18.3 Å². The van der Waals surface area contributed by atoms with E-state index >= 15 is 0 Å². The maximum atomic E-state index is 12.3. The van der Waals surface area contributed by atoms with E-state index in [4.69, 9.17) is 9.47 Å². The molecule has 0 aliphatic heterocycles. The van der Waals surface area contributed by atoms with Crippen LogP contribution in [0.1, 0.15) is 38.2 Å². The molecular weight excluding hydrogens is 592 g/mol. The van der Waals surface area contributed by atoms with E-state index < -0.39 is 25.1 Å². The van der Waals surface area contributed by atoms with E-state index in [1.807, 2.05) is 13.8 Å². The van der Waals surface area contributed by atoms with E-state index in [0.29, 0.717) is 10.6 Å². The molecule has 0 spiro atoms. The van der Waals surface area contributed by atoms with E-state index in [1.165, 1.54) is 42.4 Å². The van der Waals surface area contributed by atoms with Gasteiger partial charge < -0.3 is 24.2 Å². The van der Waals surface area contributed by atoms with Crippen LogP contribution in [0.2, 0.25) is 0 Å². The van der Waals surface area contributed by atoms with Crippen LogP contribution in [0.3, 0.4) is 0 Å². The Hall–Kier alpha value is -2.81. The number of imidazole rings is 1. The number of nitrogens with zero attached hydrogens (tertiary/aromatic N) is 2. The minimum Gasteiger partial charge on any atom is -0.437 e. The molecule has 36 heavy (non-hydrogen) atoms. The molecule has 0 bridgehead atoms. The zero-order valence-corrected chi connectivity index (χ0v) is 22.1. The van der Waals surface area contributed by atoms with Crippen LogP contribution in [-0.4, -0.2) is 30.1 Å². The van der Waals surface area contributed by atoms with Gasteiger partial charge in [-0.3, -0.25) is 4.79 Å². The zero-order chi connectivity index (χ0) is 26.0. The molecule has 12 heteroatoms. The van der Waals surface area contributed by atoms with Gasteiger partial charge in [-0.15, -0.1) is 13.2 Å². The molecule has 0 aliphatic carbocycles. The summed E-state index contributed by atoms with van der Waals surface area (Å²) >= 11 is 1.18. The SMILES string of the molecule is CC.CC(C)C(=O)OCOC(=O)c1[n-]cnc1Sc1ccc(-c2ccc(OC(F)(F)F)cc2)cc1.[Pd]. The quantitative estimate of drug-likeness (QED) is 0.171. The van der Waals surface area contributed by atoms with Gasteiger partial charge in [-0.25, -0.2) is 4.79 Å². The van der Waals surface area contributed by atoms with Gasteiger partial charge in [0.2, 0.25) is 6.79 Å². The van der Waals surface area contributed by atoms with Gasteiger partial charge in [0.1, 0.15) is 5.75 Å². The van der Waals surface area contributed by atoms with Crippen molar-refractivity contribution >= 4 is 23.7 Å². The normalized spacial score (nSPS) is 10.6. The smallest absolute Gasteiger partial charge is 0.437 e. The van der Waals surface area contributed by atoms with Crippen LogP contribution < -0.4 is 9.72 Å². The van der Waals surface area contributed by atoms with E-state index in [-0.39, 0.29) is 37.8 Å². The molecule has 0 aliphatic rings. The third-order valence-corrected chi connectivity index (χ3v) is 5.11. The molecule has 1 aromatic heterocycles. The molecule has 3 aromatic rings. The minimum atomic E-state index is -4.74. The van der Waals surface area contributed by atoms with Gasteiger partial charge in [-0.05, 0) is 35.4 Å². The molecule has 0 N–H and O–H groups in total. The number of esters is 2. The third kappa shape index (κ3) is 9.68. The van der Waals surface area contributed by atoms with E-state index in [9.17, 15) is 22.8 Å². The largest absolute Gasteiger partial charge is 0.573 e. The van der Waals surface area contributed by atoms with Crippen molar-refractivity contribution in [2.45, 2.75) is 44.0 Å². The molecule has 2 aromatic carbocycles. The Morgan fingerprint density at radius 1 is 0.972 bits per heavy atom. The molecular formula is C24H24F3N2O5PdS-. The first-order chi connectivity index (χ1) is 16.6. The van der Waals surface area contributed by atoms with Crippen LogP contribution >= 0.6 is 11.8 Å². The summed E-state index contributed by atoms with van der Waals surface area (Å²) in [4.78, 5) is 32.3. The second-order valence-electron chi connectivity index (χ2n) is 6.89. The Balaban J connectivity index is 0.00000211. The number of alkyl halides is 3. The van der Waals surface area contributed by atoms with Crippen LogP contribution in [-0.2, 0) is 34.7 Å². The number of rotatable bonds is 8. The topological polar surface area (TPSA) is 88.8 Å². The van der Waals surface area contributed by atoms with Gasteiger partial charge in [-0.1, -0.05) is 70.0 Å². The van der Waals surface area contributed by atoms with Crippen molar-refractivity contribution in [1.82, 2.24) is 9.97 Å². The molecule has 1 heterocycles. The summed E-state index contributed by atoms with van der Waals surface area (Å²) in [5.74, 6) is -1.91. The fraction of sp³-hybridized carbons (Fsp3) is 0.292. The van der Waals surface area contributed by atoms with Gasteiger partial charge in [-0.2, -0.15) is 0 Å². The van der Waals surface area contributed by atoms with Crippen molar-refractivity contribution in [3.05, 3.63) is 60.6 Å². The first-order valence-corrected chi connectivity index (χ1v) is 11.4. The summed E-state index contributed by atoms with van der Waals surface area (Å²) in [6.07, 6.45) is -3.52. The average molecular weight is 616 g/mol. The molecule has 198 valence electrons. The van der Waals surface area contributed by atoms with Gasteiger partial charge in [0.15, 0.2) is 0 Å². The first kappa shape index (κ1) is 31.2. The summed E-state index contributed by atoms with van der Waals surface area (Å²) in [7, 11) is 0. The first-order valence-electron chi connectivity index (χ1n) is 10.6. The van der Waals surface area contributed by atoms with Crippen molar-refractivity contribution in [1.29, 1.82) is 0 Å². The summed E-state index contributed by atoms with van der Waals surface area (Å²) in [6.45, 7) is 6.79. The number of halogens is 3. The van der Waals surface area contributed by atoms with Crippen LogP contribution in [0.25, 0.3) is 11.1 Å². The number of carbonyl (C=O) groups excluding carboxylic acids is 2. The van der Waals surface area contributed by atoms with Crippen molar-refractivity contribution in [3.8, 4) is 16.9 Å². The number of benzene rings is 2. The third-order valence-electron chi connectivity index (χ3n) is 4.11. The molecule has 0 unspecified atom stereocenters. The fourth-order valence-electron chi connectivity index (χ4n) is 2.52. The Bertz CT molecular complexity index is 1100. The molecule has 0 fully saturated rings. The fourth-order valence-corrected chi connectivity index (χ4v) is 3.35. The van der Waals surface area contributed by atoms with Crippen LogP contribution in [0, 0.1) is 5.92 Å². The van der Waals surface area contributed by atoms with Crippen molar-refractivity contribution in [2.75, 3.05) is 6.79 Å². The number of hydrogen-bond donors (Lipinski definition) is 0. The zero-order valence-electron chi connectivity index (χ0n) is 19.8. The minimum absolute atomic E-state index is 0. The molecule has 0 amide bonds. The summed E-state index contributed by atoms with van der Waals surface area (Å²) < 4.78 is 50.5. The Kier molecular flexibility index (Phi) is 12.7. The van der Waals surface area contributed by atoms with Gasteiger partial charge in [0, 0.05) is 30.3 Å². The molecule has 0 saturated carbocycles. The molecule has 3 rings (SSSR count). The number of aromatic nitrogens is 2. The Morgan fingerprint density at radius 3 is 2.06 bits per heavy atom. The maximum absolute atomic E-state index is 12.3. The standard InChI is InChI=1S/C22H19F3N2O5S.C2H6.Pd/c1-13(2)20(28)30-12-31-21(29)18-19(27-11-26-18)33-17-9-5-15(6-10-17)14-3-7-16(8-4-14)32-22(23,24)25;1-2;/h3-11,13H,12H2,1-2H3,(H,26,27,29);1-2H3;/p-1. The van der Waals surface area contributed by atoms with Crippen molar-refractivity contribution in [3.63, 3.8) is 0 Å². The molecule has 0 atom stereocenters. The van der Waals surface area contributed by atoms with E-state index in [2.05, 4.69) is 14.7 Å². The Labute approximate surface area is 224 Å². The van der Waals surface area contributed by atoms with Gasteiger partial charge in [0.05, 0.1) is 11.6 Å². The predicted molar refractivity (Wildman–Crippen MR) is 123 cm³/mol. The van der Waals surface area contributed by atoms with Crippen molar-refractivity contribution < 1.29 is 57.4 Å². The van der Waals surface area contributed by atoms with Crippen LogP contribution in [0.5, 0.6) is 5.75 Å².